The Morgan fingerprint density at radius 3 is 2.00 bits per heavy atom. The predicted octanol–water partition coefficient (Wildman–Crippen LogP) is 5.04. The normalized spacial score (nSPS) is 13.5. The fourth-order valence-corrected chi connectivity index (χ4v) is 2.73. The Labute approximate surface area is 148 Å². The molecule has 0 bridgehead atoms. The quantitative estimate of drug-likeness (QED) is 0.493. The molecule has 2 amide bonds. The van der Waals surface area contributed by atoms with Crippen molar-refractivity contribution in [3.63, 3.8) is 0 Å². The van der Waals surface area contributed by atoms with Crippen LogP contribution in [0.4, 0.5) is 21.5 Å². The molecule has 0 N–H and O–H groups in total. The average molecular weight is 345 g/mol. The minimum Gasteiger partial charge on any atom is -0.268 e. The standard InChI is InChI=1S/C20H12FN3O2/c21-13-6-11-17-18(12-13)20(26)24(19(17)25)16-9-7-15(8-10-16)23-22-14-4-2-1-3-5-14/h1-12H. The van der Waals surface area contributed by atoms with Gasteiger partial charge in [0.05, 0.1) is 28.2 Å². The maximum atomic E-state index is 13.4. The van der Waals surface area contributed by atoms with Gasteiger partial charge in [0.1, 0.15) is 5.82 Å². The molecule has 0 aromatic heterocycles. The highest BCUT2D eigenvalue weighted by molar-refractivity contribution is 6.34. The van der Waals surface area contributed by atoms with Crippen molar-refractivity contribution in [1.82, 2.24) is 0 Å². The van der Waals surface area contributed by atoms with E-state index in [2.05, 4.69) is 10.2 Å². The third-order valence-corrected chi connectivity index (χ3v) is 3.99. The number of anilines is 1. The molecule has 26 heavy (non-hydrogen) atoms. The van der Waals surface area contributed by atoms with E-state index in [-0.39, 0.29) is 11.1 Å². The smallest absolute Gasteiger partial charge is 0.266 e. The molecule has 126 valence electrons. The van der Waals surface area contributed by atoms with Gasteiger partial charge in [0.2, 0.25) is 0 Å². The number of rotatable bonds is 3. The molecule has 0 saturated heterocycles. The van der Waals surface area contributed by atoms with Gasteiger partial charge in [-0.1, -0.05) is 18.2 Å². The van der Waals surface area contributed by atoms with Crippen LogP contribution < -0.4 is 4.90 Å². The molecule has 3 aromatic rings. The van der Waals surface area contributed by atoms with Gasteiger partial charge < -0.3 is 0 Å². The van der Waals surface area contributed by atoms with Gasteiger partial charge in [0, 0.05) is 0 Å². The zero-order valence-corrected chi connectivity index (χ0v) is 13.5. The Morgan fingerprint density at radius 1 is 0.692 bits per heavy atom. The van der Waals surface area contributed by atoms with Crippen LogP contribution in [-0.4, -0.2) is 11.8 Å². The number of benzene rings is 3. The summed E-state index contributed by atoms with van der Waals surface area (Å²) in [5.41, 5.74) is 1.97. The molecule has 0 unspecified atom stereocenters. The van der Waals surface area contributed by atoms with E-state index in [1.807, 2.05) is 30.3 Å². The number of carbonyl (C=O) groups is 2. The van der Waals surface area contributed by atoms with Crippen LogP contribution in [-0.2, 0) is 0 Å². The van der Waals surface area contributed by atoms with Gasteiger partial charge in [0.15, 0.2) is 0 Å². The van der Waals surface area contributed by atoms with Crippen LogP contribution in [0.5, 0.6) is 0 Å². The second kappa shape index (κ2) is 6.33. The second-order valence-electron chi connectivity index (χ2n) is 5.69. The molecule has 0 radical (unpaired) electrons. The molecule has 0 saturated carbocycles. The van der Waals surface area contributed by atoms with E-state index in [0.29, 0.717) is 11.4 Å². The SMILES string of the molecule is O=C1c2ccc(F)cc2C(=O)N1c1ccc(N=Nc2ccccc2)cc1. The first-order valence-electron chi connectivity index (χ1n) is 7.89. The molecule has 1 heterocycles. The molecule has 5 nitrogen and oxygen atoms in total. The molecule has 0 aliphatic carbocycles. The predicted molar refractivity (Wildman–Crippen MR) is 94.6 cm³/mol. The highest BCUT2D eigenvalue weighted by atomic mass is 19.1. The van der Waals surface area contributed by atoms with E-state index >= 15 is 0 Å². The zero-order valence-electron chi connectivity index (χ0n) is 13.5. The van der Waals surface area contributed by atoms with E-state index in [1.165, 1.54) is 12.1 Å². The number of hydrogen-bond donors (Lipinski definition) is 0. The molecule has 4 rings (SSSR count). The van der Waals surface area contributed by atoms with E-state index < -0.39 is 17.6 Å². The minimum atomic E-state index is -0.552. The number of halogens is 1. The molecule has 6 heteroatoms. The Morgan fingerprint density at radius 2 is 1.31 bits per heavy atom. The largest absolute Gasteiger partial charge is 0.268 e. The number of nitrogens with zero attached hydrogens (tertiary/aromatic N) is 3. The van der Waals surface area contributed by atoms with Gasteiger partial charge in [-0.3, -0.25) is 9.59 Å². The fourth-order valence-electron chi connectivity index (χ4n) is 2.73. The maximum Gasteiger partial charge on any atom is 0.266 e. The van der Waals surface area contributed by atoms with E-state index in [1.54, 1.807) is 24.3 Å². The minimum absolute atomic E-state index is 0.0721. The number of imide groups is 1. The van der Waals surface area contributed by atoms with Crippen LogP contribution in [0.3, 0.4) is 0 Å². The van der Waals surface area contributed by atoms with Crippen molar-refractivity contribution in [3.05, 3.63) is 89.7 Å². The molecular formula is C20H12FN3O2. The Bertz CT molecular complexity index is 1030. The Balaban J connectivity index is 1.59. The lowest BCUT2D eigenvalue weighted by Gasteiger charge is -2.13. The van der Waals surface area contributed by atoms with Crippen molar-refractivity contribution in [3.8, 4) is 0 Å². The summed E-state index contributed by atoms with van der Waals surface area (Å²) in [4.78, 5) is 25.9. The maximum absolute atomic E-state index is 13.4. The lowest BCUT2D eigenvalue weighted by Crippen LogP contribution is -2.29. The summed E-state index contributed by atoms with van der Waals surface area (Å²) in [6, 6.07) is 19.4. The van der Waals surface area contributed by atoms with Crippen molar-refractivity contribution in [2.45, 2.75) is 0 Å². The Kier molecular flexibility index (Phi) is 3.85. The summed E-state index contributed by atoms with van der Waals surface area (Å²) in [5, 5.41) is 8.23. The third-order valence-electron chi connectivity index (χ3n) is 3.99. The van der Waals surface area contributed by atoms with Crippen molar-refractivity contribution in [2.24, 2.45) is 10.2 Å². The first-order valence-corrected chi connectivity index (χ1v) is 7.89. The van der Waals surface area contributed by atoms with Gasteiger partial charge in [-0.05, 0) is 54.6 Å². The van der Waals surface area contributed by atoms with Gasteiger partial charge in [0.25, 0.3) is 11.8 Å². The molecule has 1 aliphatic heterocycles. The number of hydrogen-bond acceptors (Lipinski definition) is 4. The van der Waals surface area contributed by atoms with Gasteiger partial charge >= 0.3 is 0 Å². The summed E-state index contributed by atoms with van der Waals surface area (Å²) in [5.74, 6) is -1.56. The molecule has 0 fully saturated rings. The number of amides is 2. The number of carbonyl (C=O) groups excluding carboxylic acids is 2. The second-order valence-corrected chi connectivity index (χ2v) is 5.69. The first kappa shape index (κ1) is 15.8. The molecule has 1 aliphatic rings. The Hall–Kier alpha value is -3.67. The summed E-state index contributed by atoms with van der Waals surface area (Å²) in [6.45, 7) is 0. The summed E-state index contributed by atoms with van der Waals surface area (Å²) in [7, 11) is 0. The first-order chi connectivity index (χ1) is 12.6. The third kappa shape index (κ3) is 2.77. The monoisotopic (exact) mass is 345 g/mol. The van der Waals surface area contributed by atoms with Crippen molar-refractivity contribution in [2.75, 3.05) is 4.90 Å². The van der Waals surface area contributed by atoms with Crippen molar-refractivity contribution < 1.29 is 14.0 Å². The highest BCUT2D eigenvalue weighted by Gasteiger charge is 2.36. The molecule has 0 spiro atoms. The van der Waals surface area contributed by atoms with Crippen LogP contribution in [0.15, 0.2) is 83.0 Å². The van der Waals surface area contributed by atoms with Crippen molar-refractivity contribution in [1.29, 1.82) is 0 Å². The highest BCUT2D eigenvalue weighted by Crippen LogP contribution is 2.30. The van der Waals surface area contributed by atoms with Crippen LogP contribution in [0.2, 0.25) is 0 Å². The van der Waals surface area contributed by atoms with Crippen LogP contribution in [0, 0.1) is 5.82 Å². The zero-order chi connectivity index (χ0) is 18.1. The average Bonchev–Trinajstić information content (AvgIpc) is 2.91. The van der Waals surface area contributed by atoms with Gasteiger partial charge in [-0.15, -0.1) is 0 Å². The van der Waals surface area contributed by atoms with Gasteiger partial charge in [-0.25, -0.2) is 9.29 Å². The topological polar surface area (TPSA) is 62.1 Å². The summed E-state index contributed by atoms with van der Waals surface area (Å²) >= 11 is 0. The number of azo groups is 1. The summed E-state index contributed by atoms with van der Waals surface area (Å²) in [6.07, 6.45) is 0. The molecular weight excluding hydrogens is 333 g/mol. The number of fused-ring (bicyclic) bond motifs is 1. The lowest BCUT2D eigenvalue weighted by molar-refractivity contribution is 0.0926. The van der Waals surface area contributed by atoms with Crippen LogP contribution in [0.1, 0.15) is 20.7 Å². The van der Waals surface area contributed by atoms with Gasteiger partial charge in [-0.2, -0.15) is 10.2 Å². The van der Waals surface area contributed by atoms with E-state index in [9.17, 15) is 14.0 Å². The lowest BCUT2D eigenvalue weighted by atomic mass is 10.1. The summed E-state index contributed by atoms with van der Waals surface area (Å²) < 4.78 is 13.4. The molecule has 3 aromatic carbocycles. The van der Waals surface area contributed by atoms with E-state index in [4.69, 9.17) is 0 Å². The van der Waals surface area contributed by atoms with E-state index in [0.717, 1.165) is 16.7 Å². The van der Waals surface area contributed by atoms with Crippen LogP contribution >= 0.6 is 0 Å². The van der Waals surface area contributed by atoms with Crippen molar-refractivity contribution >= 4 is 28.9 Å². The van der Waals surface area contributed by atoms with Crippen LogP contribution in [0.25, 0.3) is 0 Å². The molecule has 0 atom stereocenters. The fraction of sp³-hybridized carbons (Fsp3) is 0.